The van der Waals surface area contributed by atoms with Crippen LogP contribution in [-0.4, -0.2) is 41.1 Å². The number of carbonyl (C=O) groups excluding carboxylic acids is 1. The number of hydrogen-bond acceptors (Lipinski definition) is 3. The van der Waals surface area contributed by atoms with Crippen LogP contribution in [0, 0.1) is 0 Å². The molecule has 0 aliphatic carbocycles. The Kier molecular flexibility index (Phi) is 3.76. The van der Waals surface area contributed by atoms with Crippen molar-refractivity contribution in [3.8, 4) is 5.75 Å². The minimum atomic E-state index is 0.199. The lowest BCUT2D eigenvalue weighted by atomic mass is 10.0. The molecule has 6 heteroatoms. The number of alkyl halides is 1. The molecule has 0 bridgehead atoms. The molecule has 2 heterocycles. The van der Waals surface area contributed by atoms with E-state index < -0.39 is 0 Å². The third kappa shape index (κ3) is 2.46. The minimum absolute atomic E-state index is 0.199. The smallest absolute Gasteiger partial charge is 0.222 e. The molecule has 1 aromatic carbocycles. The van der Waals surface area contributed by atoms with Gasteiger partial charge in [0, 0.05) is 26.1 Å². The Morgan fingerprint density at radius 1 is 1.48 bits per heavy atom. The second kappa shape index (κ2) is 5.56. The van der Waals surface area contributed by atoms with E-state index in [2.05, 4.69) is 9.55 Å². The van der Waals surface area contributed by atoms with Gasteiger partial charge in [-0.15, -0.1) is 11.6 Å². The molecule has 0 spiro atoms. The molecule has 2 aromatic rings. The van der Waals surface area contributed by atoms with Gasteiger partial charge >= 0.3 is 0 Å². The predicted molar refractivity (Wildman–Crippen MR) is 81.8 cm³/mol. The van der Waals surface area contributed by atoms with Crippen molar-refractivity contribution in [3.63, 3.8) is 0 Å². The number of benzene rings is 1. The lowest BCUT2D eigenvalue weighted by Crippen LogP contribution is -2.38. The van der Waals surface area contributed by atoms with Crippen LogP contribution in [0.5, 0.6) is 5.75 Å². The predicted octanol–water partition coefficient (Wildman–Crippen LogP) is 2.58. The first-order valence-corrected chi connectivity index (χ1v) is 7.52. The van der Waals surface area contributed by atoms with E-state index in [0.717, 1.165) is 29.0 Å². The topological polar surface area (TPSA) is 47.4 Å². The maximum absolute atomic E-state index is 11.7. The Hall–Kier alpha value is -1.75. The number of likely N-dealkylation sites (tertiary alicyclic amines) is 1. The summed E-state index contributed by atoms with van der Waals surface area (Å²) < 4.78 is 7.42. The highest BCUT2D eigenvalue weighted by atomic mass is 35.5. The zero-order valence-corrected chi connectivity index (χ0v) is 12.9. The summed E-state index contributed by atoms with van der Waals surface area (Å²) in [7, 11) is 3.49. The summed E-state index contributed by atoms with van der Waals surface area (Å²) in [6, 6.07) is 6.07. The van der Waals surface area contributed by atoms with Gasteiger partial charge in [-0.05, 0) is 18.6 Å². The zero-order chi connectivity index (χ0) is 15.0. The summed E-state index contributed by atoms with van der Waals surface area (Å²) in [5.74, 6) is 2.17. The van der Waals surface area contributed by atoms with Crippen molar-refractivity contribution in [2.75, 3.05) is 20.7 Å². The van der Waals surface area contributed by atoms with Crippen molar-refractivity contribution in [2.45, 2.75) is 24.8 Å². The SMILES string of the molecule is COc1ccc2c(c1)nc(CCl)n2C1CCC(=O)N(C)C1. The van der Waals surface area contributed by atoms with Crippen molar-refractivity contribution in [1.29, 1.82) is 0 Å². The van der Waals surface area contributed by atoms with Crippen LogP contribution in [0.3, 0.4) is 0 Å². The Bertz CT molecular complexity index is 683. The van der Waals surface area contributed by atoms with Gasteiger partial charge in [0.05, 0.1) is 30.1 Å². The van der Waals surface area contributed by atoms with Gasteiger partial charge in [0.2, 0.25) is 5.91 Å². The molecule has 1 unspecified atom stereocenters. The maximum Gasteiger partial charge on any atom is 0.222 e. The first-order valence-electron chi connectivity index (χ1n) is 6.99. The molecule has 112 valence electrons. The highest BCUT2D eigenvalue weighted by molar-refractivity contribution is 6.16. The molecule has 1 aliphatic heterocycles. The van der Waals surface area contributed by atoms with Crippen molar-refractivity contribution in [2.24, 2.45) is 0 Å². The maximum atomic E-state index is 11.7. The van der Waals surface area contributed by atoms with Gasteiger partial charge < -0.3 is 14.2 Å². The molecule has 0 saturated carbocycles. The lowest BCUT2D eigenvalue weighted by Gasteiger charge is -2.31. The third-order valence-electron chi connectivity index (χ3n) is 4.06. The van der Waals surface area contributed by atoms with Gasteiger partial charge in [-0.2, -0.15) is 0 Å². The Balaban J connectivity index is 2.06. The second-order valence-electron chi connectivity index (χ2n) is 5.35. The monoisotopic (exact) mass is 307 g/mol. The van der Waals surface area contributed by atoms with E-state index in [0.29, 0.717) is 18.8 Å². The number of nitrogens with zero attached hydrogens (tertiary/aromatic N) is 3. The third-order valence-corrected chi connectivity index (χ3v) is 4.30. The highest BCUT2D eigenvalue weighted by Crippen LogP contribution is 2.30. The first kappa shape index (κ1) is 14.2. The van der Waals surface area contributed by atoms with Crippen LogP contribution in [0.25, 0.3) is 11.0 Å². The highest BCUT2D eigenvalue weighted by Gasteiger charge is 2.27. The van der Waals surface area contributed by atoms with Crippen molar-refractivity contribution in [1.82, 2.24) is 14.5 Å². The molecule has 0 N–H and O–H groups in total. The summed E-state index contributed by atoms with van der Waals surface area (Å²) in [5.41, 5.74) is 1.92. The molecule has 1 aliphatic rings. The van der Waals surface area contributed by atoms with Crippen LogP contribution < -0.4 is 4.74 Å². The van der Waals surface area contributed by atoms with E-state index in [-0.39, 0.29) is 11.9 Å². The molecule has 1 fully saturated rings. The van der Waals surface area contributed by atoms with Crippen molar-refractivity contribution < 1.29 is 9.53 Å². The van der Waals surface area contributed by atoms with Gasteiger partial charge in [0.25, 0.3) is 0 Å². The zero-order valence-electron chi connectivity index (χ0n) is 12.2. The van der Waals surface area contributed by atoms with Crippen LogP contribution >= 0.6 is 11.6 Å². The molecule has 1 amide bonds. The van der Waals surface area contributed by atoms with E-state index in [1.54, 1.807) is 12.0 Å². The van der Waals surface area contributed by atoms with Crippen LogP contribution in [0.2, 0.25) is 0 Å². The van der Waals surface area contributed by atoms with Gasteiger partial charge in [-0.1, -0.05) is 0 Å². The largest absolute Gasteiger partial charge is 0.497 e. The van der Waals surface area contributed by atoms with E-state index in [1.165, 1.54) is 0 Å². The molecule has 1 saturated heterocycles. The average molecular weight is 308 g/mol. The Labute approximate surface area is 128 Å². The molecule has 0 radical (unpaired) electrons. The molecule has 1 atom stereocenters. The number of methoxy groups -OCH3 is 1. The average Bonchev–Trinajstić information content (AvgIpc) is 2.87. The van der Waals surface area contributed by atoms with Gasteiger partial charge in [0.15, 0.2) is 0 Å². The van der Waals surface area contributed by atoms with Crippen molar-refractivity contribution >= 4 is 28.5 Å². The number of fused-ring (bicyclic) bond motifs is 1. The quantitative estimate of drug-likeness (QED) is 0.819. The number of hydrogen-bond donors (Lipinski definition) is 0. The number of aromatic nitrogens is 2. The Morgan fingerprint density at radius 3 is 2.95 bits per heavy atom. The number of likely N-dealkylation sites (N-methyl/N-ethyl adjacent to an activating group) is 1. The van der Waals surface area contributed by atoms with E-state index in [1.807, 2.05) is 25.2 Å². The molecular formula is C15H18ClN3O2. The van der Waals surface area contributed by atoms with Gasteiger partial charge in [-0.3, -0.25) is 4.79 Å². The van der Waals surface area contributed by atoms with Gasteiger partial charge in [-0.25, -0.2) is 4.98 Å². The number of rotatable bonds is 3. The fourth-order valence-electron chi connectivity index (χ4n) is 2.96. The molecule has 1 aromatic heterocycles. The Morgan fingerprint density at radius 2 is 2.29 bits per heavy atom. The summed E-state index contributed by atoms with van der Waals surface area (Å²) in [6.07, 6.45) is 1.39. The number of imidazole rings is 1. The van der Waals surface area contributed by atoms with Crippen LogP contribution in [0.4, 0.5) is 0 Å². The van der Waals surface area contributed by atoms with Crippen LogP contribution in [-0.2, 0) is 10.7 Å². The van der Waals surface area contributed by atoms with E-state index in [4.69, 9.17) is 16.3 Å². The standard InChI is InChI=1S/C15H18ClN3O2/c1-18-9-10(3-6-15(18)20)19-13-5-4-11(21-2)7-12(13)17-14(19)8-16/h4-5,7,10H,3,6,8-9H2,1-2H3. The van der Waals surface area contributed by atoms with Crippen molar-refractivity contribution in [3.05, 3.63) is 24.0 Å². The fraction of sp³-hybridized carbons (Fsp3) is 0.467. The van der Waals surface area contributed by atoms with Gasteiger partial charge in [0.1, 0.15) is 11.6 Å². The number of amides is 1. The van der Waals surface area contributed by atoms with E-state index >= 15 is 0 Å². The second-order valence-corrected chi connectivity index (χ2v) is 5.62. The van der Waals surface area contributed by atoms with E-state index in [9.17, 15) is 4.79 Å². The molecule has 21 heavy (non-hydrogen) atoms. The molecule has 3 rings (SSSR count). The summed E-state index contributed by atoms with van der Waals surface area (Å²) in [5, 5.41) is 0. The number of halogens is 1. The molecule has 5 nitrogen and oxygen atoms in total. The lowest BCUT2D eigenvalue weighted by molar-refractivity contribution is -0.132. The number of ether oxygens (including phenoxy) is 1. The fourth-order valence-corrected chi connectivity index (χ4v) is 3.15. The first-order chi connectivity index (χ1) is 10.1. The minimum Gasteiger partial charge on any atom is -0.497 e. The van der Waals surface area contributed by atoms with Crippen LogP contribution in [0.1, 0.15) is 24.7 Å². The number of piperidine rings is 1. The number of carbonyl (C=O) groups is 1. The summed E-state index contributed by atoms with van der Waals surface area (Å²) >= 11 is 6.07. The van der Waals surface area contributed by atoms with Crippen LogP contribution in [0.15, 0.2) is 18.2 Å². The normalized spacial score (nSPS) is 19.3. The molecular weight excluding hydrogens is 290 g/mol. The summed E-state index contributed by atoms with van der Waals surface area (Å²) in [4.78, 5) is 18.1. The summed E-state index contributed by atoms with van der Waals surface area (Å²) in [6.45, 7) is 0.695.